The van der Waals surface area contributed by atoms with Gasteiger partial charge in [0.1, 0.15) is 16.9 Å². The van der Waals surface area contributed by atoms with Crippen LogP contribution in [0.1, 0.15) is 35.6 Å². The summed E-state index contributed by atoms with van der Waals surface area (Å²) in [5, 5.41) is 13.9. The first-order valence-corrected chi connectivity index (χ1v) is 8.67. The van der Waals surface area contributed by atoms with Gasteiger partial charge in [-0.1, -0.05) is 6.07 Å². The maximum atomic E-state index is 13.0. The molecular weight excluding hydrogens is 464 g/mol. The van der Waals surface area contributed by atoms with Crippen molar-refractivity contribution in [2.75, 3.05) is 0 Å². The predicted molar refractivity (Wildman–Crippen MR) is 96.8 cm³/mol. The van der Waals surface area contributed by atoms with Crippen LogP contribution < -0.4 is 5.56 Å². The molecule has 0 radical (unpaired) electrons. The first-order valence-electron chi connectivity index (χ1n) is 7.59. The minimum atomic E-state index is -4.42. The van der Waals surface area contributed by atoms with Gasteiger partial charge in [-0.3, -0.25) is 4.79 Å². The maximum Gasteiger partial charge on any atom is 0.417 e. The Morgan fingerprint density at radius 2 is 2.08 bits per heavy atom. The molecule has 1 unspecified atom stereocenters. The average molecular weight is 478 g/mol. The molecule has 0 aliphatic rings. The number of benzene rings is 1. The minimum absolute atomic E-state index is 0.0697. The lowest BCUT2D eigenvalue weighted by atomic mass is 10.1. The van der Waals surface area contributed by atoms with Crippen molar-refractivity contribution in [2.45, 2.75) is 32.7 Å². The Morgan fingerprint density at radius 3 is 2.65 bits per heavy atom. The fourth-order valence-electron chi connectivity index (χ4n) is 2.77. The number of hydrogen-bond acceptors (Lipinski definition) is 4. The summed E-state index contributed by atoms with van der Waals surface area (Å²) in [7, 11) is 0. The van der Waals surface area contributed by atoms with Crippen LogP contribution in [-0.4, -0.2) is 24.9 Å². The lowest BCUT2D eigenvalue weighted by Gasteiger charge is -2.16. The highest BCUT2D eigenvalue weighted by atomic mass is 127. The number of alkyl halides is 3. The topological polar surface area (TPSA) is 83.8 Å². The zero-order valence-corrected chi connectivity index (χ0v) is 15.9. The van der Waals surface area contributed by atoms with Crippen molar-refractivity contribution in [1.82, 2.24) is 19.7 Å². The molecule has 0 fully saturated rings. The summed E-state index contributed by atoms with van der Waals surface area (Å²) in [6.45, 7) is 2.90. The lowest BCUT2D eigenvalue weighted by molar-refractivity contribution is -0.138. The highest BCUT2D eigenvalue weighted by Crippen LogP contribution is 2.34. The number of H-pyrrole nitrogens is 1. The Balaban J connectivity index is 2.15. The van der Waals surface area contributed by atoms with Crippen LogP contribution in [0, 0.1) is 10.5 Å². The van der Waals surface area contributed by atoms with Crippen LogP contribution in [0.4, 0.5) is 13.2 Å². The molecule has 10 heteroatoms. The van der Waals surface area contributed by atoms with E-state index in [9.17, 15) is 23.1 Å². The molecule has 3 aromatic rings. The largest absolute Gasteiger partial charge is 0.417 e. The van der Waals surface area contributed by atoms with Crippen LogP contribution in [0.15, 0.2) is 23.0 Å². The maximum absolute atomic E-state index is 13.0. The summed E-state index contributed by atoms with van der Waals surface area (Å²) in [6.07, 6.45) is -4.42. The summed E-state index contributed by atoms with van der Waals surface area (Å²) in [5.74, 6) is 0.377. The summed E-state index contributed by atoms with van der Waals surface area (Å²) < 4.78 is 40.4. The number of nitrogens with one attached hydrogen (secondary N) is 1. The van der Waals surface area contributed by atoms with Gasteiger partial charge in [-0.2, -0.15) is 18.3 Å². The lowest BCUT2D eigenvalue weighted by Crippen LogP contribution is -2.14. The van der Waals surface area contributed by atoms with E-state index in [0.717, 1.165) is 6.07 Å². The summed E-state index contributed by atoms with van der Waals surface area (Å²) in [4.78, 5) is 19.0. The second kappa shape index (κ2) is 6.65. The molecular formula is C16H14F3IN4O2. The Morgan fingerprint density at radius 1 is 1.38 bits per heavy atom. The van der Waals surface area contributed by atoms with Crippen molar-refractivity contribution < 1.29 is 18.3 Å². The third kappa shape index (κ3) is 3.22. The smallest absolute Gasteiger partial charge is 0.390 e. The van der Waals surface area contributed by atoms with E-state index >= 15 is 0 Å². The molecule has 0 saturated carbocycles. The van der Waals surface area contributed by atoms with Gasteiger partial charge in [0.05, 0.1) is 18.2 Å². The number of hydrogen-bond donors (Lipinski definition) is 2. The number of aliphatic hydroxyl groups is 1. The fraction of sp³-hybridized carbons (Fsp3) is 0.312. The van der Waals surface area contributed by atoms with Gasteiger partial charge in [0.15, 0.2) is 5.65 Å². The molecule has 138 valence electrons. The van der Waals surface area contributed by atoms with Crippen molar-refractivity contribution in [3.63, 3.8) is 0 Å². The molecule has 2 aromatic heterocycles. The average Bonchev–Trinajstić information content (AvgIpc) is 2.91. The standard InChI is InChI=1S/C16H14F3IN4O2/c1-7(9-3-4-10(11(20)5-9)16(17,18)19)24-14-13(12(6-25)23-24)15(26)22-8(2)21-14/h3-5,7,25H,6H2,1-2H3,(H,21,22,26). The Kier molecular flexibility index (Phi) is 4.82. The van der Waals surface area contributed by atoms with Gasteiger partial charge in [-0.15, -0.1) is 0 Å². The van der Waals surface area contributed by atoms with Gasteiger partial charge in [0.2, 0.25) is 0 Å². The highest BCUT2D eigenvalue weighted by molar-refractivity contribution is 14.1. The molecule has 2 N–H and O–H groups in total. The number of aliphatic hydroxyl groups excluding tert-OH is 1. The first kappa shape index (κ1) is 18.8. The van der Waals surface area contributed by atoms with E-state index in [-0.39, 0.29) is 20.3 Å². The van der Waals surface area contributed by atoms with Crippen LogP contribution >= 0.6 is 22.6 Å². The van der Waals surface area contributed by atoms with Crippen molar-refractivity contribution >= 4 is 33.6 Å². The molecule has 3 rings (SSSR count). The summed E-state index contributed by atoms with van der Waals surface area (Å²) >= 11 is 1.64. The fourth-order valence-corrected chi connectivity index (χ4v) is 3.61. The molecule has 1 aromatic carbocycles. The second-order valence-corrected chi connectivity index (χ2v) is 6.97. The normalized spacial score (nSPS) is 13.3. The van der Waals surface area contributed by atoms with Crippen LogP contribution in [-0.2, 0) is 12.8 Å². The van der Waals surface area contributed by atoms with Crippen molar-refractivity contribution in [3.8, 4) is 0 Å². The number of aromatic nitrogens is 4. The molecule has 0 spiro atoms. The molecule has 26 heavy (non-hydrogen) atoms. The van der Waals surface area contributed by atoms with Gasteiger partial charge in [0, 0.05) is 3.57 Å². The SMILES string of the molecule is Cc1nc2c(c(CO)nn2C(C)c2ccc(C(F)(F)F)c(I)c2)c(=O)[nH]1. The van der Waals surface area contributed by atoms with Crippen LogP contribution in [0.5, 0.6) is 0 Å². The number of aromatic amines is 1. The van der Waals surface area contributed by atoms with Crippen molar-refractivity contribution in [2.24, 2.45) is 0 Å². The number of nitrogens with zero attached hydrogens (tertiary/aromatic N) is 3. The molecule has 0 saturated heterocycles. The predicted octanol–water partition coefficient (Wildman–Crippen LogP) is 3.15. The number of fused-ring (bicyclic) bond motifs is 1. The third-order valence-electron chi connectivity index (χ3n) is 4.05. The van der Waals surface area contributed by atoms with Gasteiger partial charge in [0.25, 0.3) is 5.56 Å². The van der Waals surface area contributed by atoms with Gasteiger partial charge in [-0.25, -0.2) is 9.67 Å². The number of aryl methyl sites for hydroxylation is 1. The molecule has 6 nitrogen and oxygen atoms in total. The van der Waals surface area contributed by atoms with E-state index in [1.165, 1.54) is 16.8 Å². The minimum Gasteiger partial charge on any atom is -0.390 e. The zero-order valence-electron chi connectivity index (χ0n) is 13.7. The second-order valence-electron chi connectivity index (χ2n) is 5.81. The number of halogens is 4. The van der Waals surface area contributed by atoms with E-state index in [4.69, 9.17) is 0 Å². The molecule has 1 atom stereocenters. The first-order chi connectivity index (χ1) is 12.1. The Bertz CT molecular complexity index is 1040. The molecule has 2 heterocycles. The van der Waals surface area contributed by atoms with Gasteiger partial charge >= 0.3 is 6.18 Å². The third-order valence-corrected chi connectivity index (χ3v) is 4.94. The summed E-state index contributed by atoms with van der Waals surface area (Å²) in [6, 6.07) is 3.35. The molecule has 0 aliphatic heterocycles. The van der Waals surface area contributed by atoms with E-state index in [2.05, 4.69) is 15.1 Å². The summed E-state index contributed by atoms with van der Waals surface area (Å²) in [5.41, 5.74) is -0.103. The van der Waals surface area contributed by atoms with Gasteiger partial charge < -0.3 is 10.1 Å². The molecule has 0 bridgehead atoms. The van der Waals surface area contributed by atoms with Crippen LogP contribution in [0.3, 0.4) is 0 Å². The van der Waals surface area contributed by atoms with E-state index in [1.54, 1.807) is 36.4 Å². The monoisotopic (exact) mass is 478 g/mol. The van der Waals surface area contributed by atoms with Crippen LogP contribution in [0.25, 0.3) is 11.0 Å². The van der Waals surface area contributed by atoms with E-state index in [1.807, 2.05) is 0 Å². The number of rotatable bonds is 3. The quantitative estimate of drug-likeness (QED) is 0.567. The molecule has 0 aliphatic carbocycles. The Hall–Kier alpha value is -1.95. The van der Waals surface area contributed by atoms with Crippen molar-refractivity contribution in [1.29, 1.82) is 0 Å². The Labute approximate surface area is 159 Å². The van der Waals surface area contributed by atoms with E-state index < -0.39 is 29.9 Å². The molecule has 0 amide bonds. The van der Waals surface area contributed by atoms with Crippen LogP contribution in [0.2, 0.25) is 0 Å². The van der Waals surface area contributed by atoms with Crippen molar-refractivity contribution in [3.05, 3.63) is 54.8 Å². The zero-order chi connectivity index (χ0) is 19.2. The van der Waals surface area contributed by atoms with E-state index in [0.29, 0.717) is 11.4 Å². The highest BCUT2D eigenvalue weighted by Gasteiger charge is 2.33. The van der Waals surface area contributed by atoms with Gasteiger partial charge in [-0.05, 0) is 54.1 Å².